The number of nitrogens with zero attached hydrogens (tertiary/aromatic N) is 3. The number of pyridine rings is 1. The molecule has 1 saturated carbocycles. The molecule has 1 aromatic rings. The molecule has 0 saturated heterocycles. The predicted molar refractivity (Wildman–Crippen MR) is 133 cm³/mol. The van der Waals surface area contributed by atoms with E-state index in [9.17, 15) is 0 Å². The standard InChI is InChI=1S/C22H39N5O.HI/c1-5-27(6-2)20-11-10-19(16-24-20)17-25-21(23-4)26-18-22(12-8-9-13-22)14-15-28-7-3;/h10-11,16H,5-9,12-15,17-18H2,1-4H3,(H2,23,25,26);1H. The first kappa shape index (κ1) is 25.9. The molecule has 2 rings (SSSR count). The zero-order valence-corrected chi connectivity index (χ0v) is 21.0. The van der Waals surface area contributed by atoms with Gasteiger partial charge in [-0.1, -0.05) is 18.9 Å². The molecule has 1 aromatic heterocycles. The molecule has 6 nitrogen and oxygen atoms in total. The first-order chi connectivity index (χ1) is 13.7. The fourth-order valence-electron chi connectivity index (χ4n) is 4.01. The fourth-order valence-corrected chi connectivity index (χ4v) is 4.01. The second-order valence-electron chi connectivity index (χ2n) is 7.63. The highest BCUT2D eigenvalue weighted by Crippen LogP contribution is 2.40. The van der Waals surface area contributed by atoms with Crippen molar-refractivity contribution in [3.63, 3.8) is 0 Å². The number of hydrogen-bond acceptors (Lipinski definition) is 4. The maximum absolute atomic E-state index is 5.62. The lowest BCUT2D eigenvalue weighted by atomic mass is 9.83. The van der Waals surface area contributed by atoms with Crippen molar-refractivity contribution in [2.75, 3.05) is 44.8 Å². The molecule has 0 unspecified atom stereocenters. The molecule has 0 spiro atoms. The van der Waals surface area contributed by atoms with Gasteiger partial charge in [0.2, 0.25) is 0 Å². The van der Waals surface area contributed by atoms with Crippen LogP contribution in [0, 0.1) is 5.41 Å². The van der Waals surface area contributed by atoms with Crippen LogP contribution in [0.5, 0.6) is 0 Å². The lowest BCUT2D eigenvalue weighted by molar-refractivity contribution is 0.105. The summed E-state index contributed by atoms with van der Waals surface area (Å²) in [6.07, 6.45) is 8.28. The van der Waals surface area contributed by atoms with E-state index in [1.54, 1.807) is 0 Å². The number of guanidine groups is 1. The van der Waals surface area contributed by atoms with Crippen molar-refractivity contribution in [3.05, 3.63) is 23.9 Å². The second kappa shape index (κ2) is 14.0. The van der Waals surface area contributed by atoms with Crippen LogP contribution >= 0.6 is 24.0 Å². The number of nitrogens with one attached hydrogen (secondary N) is 2. The third kappa shape index (κ3) is 8.28. The monoisotopic (exact) mass is 517 g/mol. The van der Waals surface area contributed by atoms with Crippen LogP contribution in [-0.2, 0) is 11.3 Å². The number of ether oxygens (including phenoxy) is 1. The molecule has 1 fully saturated rings. The summed E-state index contributed by atoms with van der Waals surface area (Å²) in [6, 6.07) is 4.24. The molecule has 0 atom stereocenters. The highest BCUT2D eigenvalue weighted by molar-refractivity contribution is 14.0. The van der Waals surface area contributed by atoms with Crippen LogP contribution < -0.4 is 15.5 Å². The molecule has 0 aliphatic heterocycles. The maximum atomic E-state index is 5.62. The third-order valence-corrected chi connectivity index (χ3v) is 5.86. The lowest BCUT2D eigenvalue weighted by Gasteiger charge is -2.30. The number of aromatic nitrogens is 1. The molecular formula is C22H40IN5O. The Balaban J connectivity index is 0.00000420. The molecule has 29 heavy (non-hydrogen) atoms. The molecule has 2 N–H and O–H groups in total. The summed E-state index contributed by atoms with van der Waals surface area (Å²) in [5.74, 6) is 1.89. The Morgan fingerprint density at radius 2 is 1.90 bits per heavy atom. The van der Waals surface area contributed by atoms with E-state index in [0.29, 0.717) is 5.41 Å². The summed E-state index contributed by atoms with van der Waals surface area (Å²) in [5.41, 5.74) is 1.51. The van der Waals surface area contributed by atoms with Crippen LogP contribution in [0.15, 0.2) is 23.3 Å². The van der Waals surface area contributed by atoms with Gasteiger partial charge in [-0.05, 0) is 57.1 Å². The topological polar surface area (TPSA) is 61.8 Å². The molecule has 1 heterocycles. The molecule has 1 aliphatic carbocycles. The van der Waals surface area contributed by atoms with Crippen LogP contribution in [-0.4, -0.2) is 50.8 Å². The van der Waals surface area contributed by atoms with Crippen LogP contribution in [0.3, 0.4) is 0 Å². The van der Waals surface area contributed by atoms with Gasteiger partial charge in [0.1, 0.15) is 5.82 Å². The number of hydrogen-bond donors (Lipinski definition) is 2. The summed E-state index contributed by atoms with van der Waals surface area (Å²) in [4.78, 5) is 11.2. The molecule has 0 aromatic carbocycles. The van der Waals surface area contributed by atoms with E-state index in [-0.39, 0.29) is 24.0 Å². The van der Waals surface area contributed by atoms with E-state index in [4.69, 9.17) is 4.74 Å². The second-order valence-corrected chi connectivity index (χ2v) is 7.63. The Bertz CT molecular complexity index is 583. The minimum Gasteiger partial charge on any atom is -0.382 e. The Labute approximate surface area is 194 Å². The Morgan fingerprint density at radius 3 is 2.45 bits per heavy atom. The SMILES string of the molecule is CCOCCC1(CNC(=NC)NCc2ccc(N(CC)CC)nc2)CCCC1.I. The van der Waals surface area contributed by atoms with Crippen LogP contribution in [0.1, 0.15) is 58.4 Å². The van der Waals surface area contributed by atoms with Crippen molar-refractivity contribution in [1.82, 2.24) is 15.6 Å². The smallest absolute Gasteiger partial charge is 0.191 e. The van der Waals surface area contributed by atoms with Gasteiger partial charge < -0.3 is 20.3 Å². The Hall–Kier alpha value is -1.09. The third-order valence-electron chi connectivity index (χ3n) is 5.86. The predicted octanol–water partition coefficient (Wildman–Crippen LogP) is 4.20. The summed E-state index contributed by atoms with van der Waals surface area (Å²) in [7, 11) is 1.83. The van der Waals surface area contributed by atoms with Gasteiger partial charge in [0.05, 0.1) is 0 Å². The van der Waals surface area contributed by atoms with Crippen LogP contribution in [0.2, 0.25) is 0 Å². The number of halogens is 1. The van der Waals surface area contributed by atoms with Crippen LogP contribution in [0.25, 0.3) is 0 Å². The maximum Gasteiger partial charge on any atom is 0.191 e. The van der Waals surface area contributed by atoms with Gasteiger partial charge in [0.25, 0.3) is 0 Å². The van der Waals surface area contributed by atoms with Crippen molar-refractivity contribution >= 4 is 35.8 Å². The quantitative estimate of drug-likeness (QED) is 0.200. The fraction of sp³-hybridized carbons (Fsp3) is 0.727. The van der Waals surface area contributed by atoms with E-state index in [1.807, 2.05) is 13.2 Å². The molecule has 1 aliphatic rings. The van der Waals surface area contributed by atoms with Gasteiger partial charge in [0.15, 0.2) is 5.96 Å². The lowest BCUT2D eigenvalue weighted by Crippen LogP contribution is -2.43. The van der Waals surface area contributed by atoms with Crippen LogP contribution in [0.4, 0.5) is 5.82 Å². The van der Waals surface area contributed by atoms with E-state index in [1.165, 1.54) is 25.7 Å². The normalized spacial score (nSPS) is 15.7. The Kier molecular flexibility index (Phi) is 12.5. The van der Waals surface area contributed by atoms with Crippen molar-refractivity contribution in [1.29, 1.82) is 0 Å². The highest BCUT2D eigenvalue weighted by atomic mass is 127. The first-order valence-corrected chi connectivity index (χ1v) is 10.9. The minimum atomic E-state index is 0. The average molecular weight is 518 g/mol. The summed E-state index contributed by atoms with van der Waals surface area (Å²) in [6.45, 7) is 11.7. The molecular weight excluding hydrogens is 477 g/mol. The number of anilines is 1. The summed E-state index contributed by atoms with van der Waals surface area (Å²) in [5, 5.41) is 6.98. The van der Waals surface area contributed by atoms with E-state index in [2.05, 4.69) is 58.4 Å². The van der Waals surface area contributed by atoms with E-state index in [0.717, 1.165) is 63.2 Å². The molecule has 7 heteroatoms. The van der Waals surface area contributed by atoms with Crippen molar-refractivity contribution in [2.45, 2.75) is 59.4 Å². The van der Waals surface area contributed by atoms with Gasteiger partial charge in [-0.25, -0.2) is 4.98 Å². The van der Waals surface area contributed by atoms with E-state index < -0.39 is 0 Å². The van der Waals surface area contributed by atoms with Crippen molar-refractivity contribution in [3.8, 4) is 0 Å². The van der Waals surface area contributed by atoms with Gasteiger partial charge in [0, 0.05) is 52.6 Å². The number of aliphatic imine (C=N–C) groups is 1. The Morgan fingerprint density at radius 1 is 1.17 bits per heavy atom. The van der Waals surface area contributed by atoms with Crippen molar-refractivity contribution < 1.29 is 4.74 Å². The molecule has 0 amide bonds. The largest absolute Gasteiger partial charge is 0.382 e. The zero-order chi connectivity index (χ0) is 20.2. The summed E-state index contributed by atoms with van der Waals surface area (Å²) >= 11 is 0. The van der Waals surface area contributed by atoms with E-state index >= 15 is 0 Å². The van der Waals surface area contributed by atoms with Gasteiger partial charge in [-0.3, -0.25) is 4.99 Å². The molecule has 166 valence electrons. The minimum absolute atomic E-state index is 0. The zero-order valence-electron chi connectivity index (χ0n) is 18.7. The highest BCUT2D eigenvalue weighted by Gasteiger charge is 2.33. The summed E-state index contributed by atoms with van der Waals surface area (Å²) < 4.78 is 5.62. The molecule has 0 radical (unpaired) electrons. The first-order valence-electron chi connectivity index (χ1n) is 10.9. The van der Waals surface area contributed by atoms with Gasteiger partial charge in [-0.2, -0.15) is 0 Å². The van der Waals surface area contributed by atoms with Gasteiger partial charge in [-0.15, -0.1) is 24.0 Å². The van der Waals surface area contributed by atoms with Crippen molar-refractivity contribution in [2.24, 2.45) is 10.4 Å². The molecule has 0 bridgehead atoms. The number of rotatable bonds is 11. The average Bonchev–Trinajstić information content (AvgIpc) is 3.19. The van der Waals surface area contributed by atoms with Gasteiger partial charge >= 0.3 is 0 Å².